The number of halogens is 1. The molecule has 110 valence electrons. The second kappa shape index (κ2) is 7.23. The zero-order valence-corrected chi connectivity index (χ0v) is 13.3. The van der Waals surface area contributed by atoms with Gasteiger partial charge in [0.2, 0.25) is 11.2 Å². The third-order valence-electron chi connectivity index (χ3n) is 3.54. The molecule has 2 rings (SSSR count). The molecule has 0 fully saturated rings. The van der Waals surface area contributed by atoms with Crippen LogP contribution >= 0.6 is 11.6 Å². The molecule has 0 aliphatic heterocycles. The van der Waals surface area contributed by atoms with Crippen molar-refractivity contribution in [1.82, 2.24) is 9.97 Å². The lowest BCUT2D eigenvalue weighted by Gasteiger charge is -2.09. The molecule has 0 N–H and O–H groups in total. The minimum Gasteiger partial charge on any atom is -0.473 e. The van der Waals surface area contributed by atoms with E-state index in [1.807, 2.05) is 0 Å². The molecule has 0 atom stereocenters. The van der Waals surface area contributed by atoms with E-state index in [1.54, 1.807) is 12.3 Å². The maximum atomic E-state index is 5.72. The van der Waals surface area contributed by atoms with Gasteiger partial charge in [0, 0.05) is 12.3 Å². The van der Waals surface area contributed by atoms with Gasteiger partial charge in [-0.15, -0.1) is 0 Å². The Labute approximate surface area is 130 Å². The van der Waals surface area contributed by atoms with Crippen molar-refractivity contribution >= 4 is 17.2 Å². The first-order valence-corrected chi connectivity index (χ1v) is 7.35. The Morgan fingerprint density at radius 3 is 2.48 bits per heavy atom. The summed E-state index contributed by atoms with van der Waals surface area (Å²) in [6.45, 7) is 6.97. The maximum Gasteiger partial charge on any atom is 0.225 e. The van der Waals surface area contributed by atoms with Crippen LogP contribution < -0.4 is 4.74 Å². The SMILES string of the molecule is CCC(C)=C(C)c1ccc(COc2ccnc(Cl)n2)cc1. The lowest BCUT2D eigenvalue weighted by Crippen LogP contribution is -1.98. The van der Waals surface area contributed by atoms with E-state index in [9.17, 15) is 0 Å². The molecule has 0 aliphatic carbocycles. The fourth-order valence-corrected chi connectivity index (χ4v) is 2.06. The van der Waals surface area contributed by atoms with E-state index < -0.39 is 0 Å². The number of rotatable bonds is 5. The third-order valence-corrected chi connectivity index (χ3v) is 3.73. The van der Waals surface area contributed by atoms with Crippen molar-refractivity contribution in [3.63, 3.8) is 0 Å². The molecule has 1 aromatic heterocycles. The molecule has 0 saturated heterocycles. The summed E-state index contributed by atoms with van der Waals surface area (Å²) in [5.41, 5.74) is 5.10. The highest BCUT2D eigenvalue weighted by molar-refractivity contribution is 6.28. The molecular weight excluding hydrogens is 284 g/mol. The Balaban J connectivity index is 2.03. The van der Waals surface area contributed by atoms with Gasteiger partial charge in [-0.25, -0.2) is 4.98 Å². The van der Waals surface area contributed by atoms with Crippen LogP contribution in [0.25, 0.3) is 5.57 Å². The van der Waals surface area contributed by atoms with Gasteiger partial charge in [-0.2, -0.15) is 4.98 Å². The molecule has 1 aromatic carbocycles. The lowest BCUT2D eigenvalue weighted by molar-refractivity contribution is 0.293. The highest BCUT2D eigenvalue weighted by atomic mass is 35.5. The molecule has 0 unspecified atom stereocenters. The molecule has 0 amide bonds. The van der Waals surface area contributed by atoms with Crippen molar-refractivity contribution in [2.75, 3.05) is 0 Å². The quantitative estimate of drug-likeness (QED) is 0.736. The first kappa shape index (κ1) is 15.5. The summed E-state index contributed by atoms with van der Waals surface area (Å²) in [6, 6.07) is 10.1. The topological polar surface area (TPSA) is 35.0 Å². The number of hydrogen-bond donors (Lipinski definition) is 0. The predicted octanol–water partition coefficient (Wildman–Crippen LogP) is 4.91. The van der Waals surface area contributed by atoms with Gasteiger partial charge < -0.3 is 4.74 Å². The van der Waals surface area contributed by atoms with Crippen LogP contribution in [0.15, 0.2) is 42.1 Å². The van der Waals surface area contributed by atoms with E-state index in [1.165, 1.54) is 16.7 Å². The average Bonchev–Trinajstić information content (AvgIpc) is 2.52. The van der Waals surface area contributed by atoms with Crippen molar-refractivity contribution in [2.45, 2.75) is 33.8 Å². The molecule has 1 heterocycles. The van der Waals surface area contributed by atoms with Gasteiger partial charge in [-0.05, 0) is 48.6 Å². The fourth-order valence-electron chi connectivity index (χ4n) is 1.92. The predicted molar refractivity (Wildman–Crippen MR) is 86.4 cm³/mol. The summed E-state index contributed by atoms with van der Waals surface area (Å²) in [5.74, 6) is 0.483. The minimum atomic E-state index is 0.193. The number of allylic oxidation sites excluding steroid dienone is 2. The second-order valence-corrected chi connectivity index (χ2v) is 5.25. The van der Waals surface area contributed by atoms with Crippen molar-refractivity contribution in [3.05, 3.63) is 58.5 Å². The van der Waals surface area contributed by atoms with Crippen molar-refractivity contribution < 1.29 is 4.74 Å². The monoisotopic (exact) mass is 302 g/mol. The Kier molecular flexibility index (Phi) is 5.34. The summed E-state index contributed by atoms with van der Waals surface area (Å²) in [4.78, 5) is 7.81. The second-order valence-electron chi connectivity index (χ2n) is 4.91. The first-order chi connectivity index (χ1) is 10.1. The normalized spacial score (nSPS) is 12.0. The molecular formula is C17H19ClN2O. The molecule has 0 spiro atoms. The molecule has 0 aliphatic rings. The number of aromatic nitrogens is 2. The zero-order valence-electron chi connectivity index (χ0n) is 12.6. The minimum absolute atomic E-state index is 0.193. The van der Waals surface area contributed by atoms with Crippen LogP contribution in [-0.2, 0) is 6.61 Å². The van der Waals surface area contributed by atoms with Crippen LogP contribution in [0.4, 0.5) is 0 Å². The number of hydrogen-bond acceptors (Lipinski definition) is 3. The van der Waals surface area contributed by atoms with E-state index in [4.69, 9.17) is 16.3 Å². The van der Waals surface area contributed by atoms with Gasteiger partial charge in [0.05, 0.1) is 0 Å². The number of benzene rings is 1. The number of ether oxygens (including phenoxy) is 1. The lowest BCUT2D eigenvalue weighted by atomic mass is 10.00. The van der Waals surface area contributed by atoms with Crippen LogP contribution in [0.5, 0.6) is 5.88 Å². The number of nitrogens with zero attached hydrogens (tertiary/aromatic N) is 2. The van der Waals surface area contributed by atoms with Gasteiger partial charge in [-0.1, -0.05) is 36.8 Å². The van der Waals surface area contributed by atoms with Crippen molar-refractivity contribution in [1.29, 1.82) is 0 Å². The standard InChI is InChI=1S/C17H19ClN2O/c1-4-12(2)13(3)15-7-5-14(6-8-15)11-21-16-9-10-19-17(18)20-16/h5-10H,4,11H2,1-3H3. The van der Waals surface area contributed by atoms with Crippen LogP contribution in [0, 0.1) is 0 Å². The van der Waals surface area contributed by atoms with Crippen LogP contribution in [0.1, 0.15) is 38.3 Å². The summed E-state index contributed by atoms with van der Waals surface area (Å²) in [6.07, 6.45) is 2.65. The Morgan fingerprint density at radius 1 is 1.14 bits per heavy atom. The Bertz CT molecular complexity index is 635. The van der Waals surface area contributed by atoms with Crippen LogP contribution in [-0.4, -0.2) is 9.97 Å². The van der Waals surface area contributed by atoms with E-state index in [0.29, 0.717) is 12.5 Å². The summed E-state index contributed by atoms with van der Waals surface area (Å²) < 4.78 is 5.59. The van der Waals surface area contributed by atoms with Gasteiger partial charge >= 0.3 is 0 Å². The van der Waals surface area contributed by atoms with E-state index in [0.717, 1.165) is 12.0 Å². The largest absolute Gasteiger partial charge is 0.473 e. The molecule has 0 saturated carbocycles. The highest BCUT2D eigenvalue weighted by Gasteiger charge is 2.02. The molecule has 0 bridgehead atoms. The van der Waals surface area contributed by atoms with Crippen LogP contribution in [0.3, 0.4) is 0 Å². The maximum absolute atomic E-state index is 5.72. The summed E-state index contributed by atoms with van der Waals surface area (Å²) >= 11 is 5.72. The van der Waals surface area contributed by atoms with E-state index >= 15 is 0 Å². The van der Waals surface area contributed by atoms with Gasteiger partial charge in [-0.3, -0.25) is 0 Å². The molecule has 21 heavy (non-hydrogen) atoms. The Morgan fingerprint density at radius 2 is 1.86 bits per heavy atom. The molecule has 3 nitrogen and oxygen atoms in total. The third kappa shape index (κ3) is 4.30. The zero-order chi connectivity index (χ0) is 15.2. The van der Waals surface area contributed by atoms with Gasteiger partial charge in [0.25, 0.3) is 0 Å². The van der Waals surface area contributed by atoms with Gasteiger partial charge in [0.15, 0.2) is 0 Å². The summed E-state index contributed by atoms with van der Waals surface area (Å²) in [7, 11) is 0. The van der Waals surface area contributed by atoms with Crippen molar-refractivity contribution in [3.8, 4) is 5.88 Å². The molecule has 4 heteroatoms. The Hall–Kier alpha value is -1.87. The first-order valence-electron chi connectivity index (χ1n) is 6.97. The smallest absolute Gasteiger partial charge is 0.225 e. The highest BCUT2D eigenvalue weighted by Crippen LogP contribution is 2.20. The van der Waals surface area contributed by atoms with Crippen molar-refractivity contribution in [2.24, 2.45) is 0 Å². The fraction of sp³-hybridized carbons (Fsp3) is 0.294. The molecule has 2 aromatic rings. The van der Waals surface area contributed by atoms with E-state index in [-0.39, 0.29) is 5.28 Å². The summed E-state index contributed by atoms with van der Waals surface area (Å²) in [5, 5.41) is 0.193. The average molecular weight is 303 g/mol. The van der Waals surface area contributed by atoms with Gasteiger partial charge in [0.1, 0.15) is 6.61 Å². The van der Waals surface area contributed by atoms with E-state index in [2.05, 4.69) is 55.0 Å². The van der Waals surface area contributed by atoms with Crippen LogP contribution in [0.2, 0.25) is 5.28 Å². The molecule has 0 radical (unpaired) electrons.